The second-order valence-corrected chi connectivity index (χ2v) is 10.9. The van der Waals surface area contributed by atoms with Gasteiger partial charge >= 0.3 is 6.03 Å². The highest BCUT2D eigenvalue weighted by Crippen LogP contribution is 2.67. The second kappa shape index (κ2) is 8.09. The summed E-state index contributed by atoms with van der Waals surface area (Å²) in [5, 5.41) is 10.2. The SMILES string of the molecule is COc1cc(O)cc(OC)c1[C@H]1C2=CC[C@@H]3C(=O)N(C(N)=O)C(=O)[C@@H]3[C@@H]2C[C@@]2(Cl)C(=O)N(C)C(=O)[C@@]12Cl. The number of halogens is 2. The first-order valence-corrected chi connectivity index (χ1v) is 12.1. The summed E-state index contributed by atoms with van der Waals surface area (Å²) in [6.45, 7) is 0. The van der Waals surface area contributed by atoms with Crippen molar-refractivity contribution in [3.05, 3.63) is 29.3 Å². The van der Waals surface area contributed by atoms with Crippen LogP contribution in [0.25, 0.3) is 0 Å². The minimum Gasteiger partial charge on any atom is -0.508 e. The zero-order chi connectivity index (χ0) is 27.2. The average molecular weight is 552 g/mol. The fraction of sp³-hybridized carbons (Fsp3) is 0.458. The highest BCUT2D eigenvalue weighted by Gasteiger charge is 2.76. The molecule has 3 N–H and O–H groups in total. The number of imide groups is 4. The van der Waals surface area contributed by atoms with Crippen LogP contribution in [0.2, 0.25) is 0 Å². The van der Waals surface area contributed by atoms with Gasteiger partial charge in [0.25, 0.3) is 11.8 Å². The maximum atomic E-state index is 13.6. The quantitative estimate of drug-likeness (QED) is 0.325. The number of alkyl halides is 2. The van der Waals surface area contributed by atoms with Crippen LogP contribution in [-0.2, 0) is 19.2 Å². The lowest BCUT2D eigenvalue weighted by atomic mass is 9.56. The van der Waals surface area contributed by atoms with Gasteiger partial charge in [0.1, 0.15) is 17.2 Å². The Morgan fingerprint density at radius 1 is 1.05 bits per heavy atom. The molecule has 5 rings (SSSR count). The van der Waals surface area contributed by atoms with Crippen LogP contribution in [0.4, 0.5) is 4.79 Å². The lowest BCUT2D eigenvalue weighted by Gasteiger charge is -2.51. The number of ether oxygens (including phenoxy) is 2. The molecule has 0 spiro atoms. The third kappa shape index (κ3) is 2.98. The number of likely N-dealkylation sites (tertiary alicyclic amines) is 2. The molecule has 0 bridgehead atoms. The Kier molecular flexibility index (Phi) is 5.54. The number of primary amides is 1. The van der Waals surface area contributed by atoms with Crippen molar-refractivity contribution in [1.82, 2.24) is 9.80 Å². The molecular weight excluding hydrogens is 529 g/mol. The Morgan fingerprint density at radius 3 is 2.19 bits per heavy atom. The highest BCUT2D eigenvalue weighted by molar-refractivity contribution is 6.53. The van der Waals surface area contributed by atoms with Crippen LogP contribution in [0.1, 0.15) is 24.3 Å². The number of nitrogens with zero attached hydrogens (tertiary/aromatic N) is 2. The minimum absolute atomic E-state index is 0.0598. The van der Waals surface area contributed by atoms with Crippen molar-refractivity contribution in [2.75, 3.05) is 21.3 Å². The van der Waals surface area contributed by atoms with Crippen molar-refractivity contribution < 1.29 is 38.6 Å². The number of aromatic hydroxyl groups is 1. The largest absolute Gasteiger partial charge is 0.508 e. The van der Waals surface area contributed by atoms with Crippen LogP contribution in [0.5, 0.6) is 17.2 Å². The maximum absolute atomic E-state index is 13.6. The molecule has 3 fully saturated rings. The molecule has 1 aromatic rings. The van der Waals surface area contributed by atoms with Gasteiger partial charge in [-0.3, -0.25) is 24.1 Å². The van der Waals surface area contributed by atoms with E-state index in [0.717, 1.165) is 4.90 Å². The van der Waals surface area contributed by atoms with E-state index in [1.165, 1.54) is 33.4 Å². The van der Waals surface area contributed by atoms with Crippen LogP contribution in [-0.4, -0.2) is 75.6 Å². The second-order valence-electron chi connectivity index (χ2n) is 9.61. The molecule has 37 heavy (non-hydrogen) atoms. The van der Waals surface area contributed by atoms with E-state index < -0.39 is 63.1 Å². The molecule has 2 aliphatic heterocycles. The number of hydrogen-bond donors (Lipinski definition) is 2. The number of nitrogens with two attached hydrogens (primary N) is 1. The van der Waals surface area contributed by atoms with Gasteiger partial charge in [-0.15, -0.1) is 23.2 Å². The van der Waals surface area contributed by atoms with Gasteiger partial charge in [0.15, 0.2) is 9.75 Å². The van der Waals surface area contributed by atoms with Crippen LogP contribution in [0, 0.1) is 17.8 Å². The molecular formula is C24H23Cl2N3O8. The molecule has 0 radical (unpaired) electrons. The predicted molar refractivity (Wildman–Crippen MR) is 128 cm³/mol. The van der Waals surface area contributed by atoms with Crippen molar-refractivity contribution in [3.8, 4) is 17.2 Å². The van der Waals surface area contributed by atoms with Gasteiger partial charge in [-0.05, 0) is 18.8 Å². The molecule has 4 aliphatic rings. The number of methoxy groups -OCH3 is 2. The highest BCUT2D eigenvalue weighted by atomic mass is 35.5. The van der Waals surface area contributed by atoms with Crippen LogP contribution < -0.4 is 15.2 Å². The van der Waals surface area contributed by atoms with E-state index in [1.807, 2.05) is 0 Å². The fourth-order valence-corrected chi connectivity index (χ4v) is 7.49. The number of phenolic OH excluding ortho intramolecular Hbond substituents is 1. The number of rotatable bonds is 3. The van der Waals surface area contributed by atoms with Crippen LogP contribution in [0.3, 0.4) is 0 Å². The topological polar surface area (TPSA) is 157 Å². The smallest absolute Gasteiger partial charge is 0.328 e. The molecule has 1 aromatic carbocycles. The first-order chi connectivity index (χ1) is 17.3. The molecule has 0 unspecified atom stereocenters. The number of allylic oxidation sites excluding steroid dienone is 2. The number of amides is 6. The molecule has 196 valence electrons. The van der Waals surface area contributed by atoms with E-state index in [2.05, 4.69) is 0 Å². The summed E-state index contributed by atoms with van der Waals surface area (Å²) in [5.74, 6) is -6.99. The molecule has 11 nitrogen and oxygen atoms in total. The number of phenols is 1. The van der Waals surface area contributed by atoms with Gasteiger partial charge in [0.05, 0.1) is 26.1 Å². The van der Waals surface area contributed by atoms with Crippen molar-refractivity contribution in [2.24, 2.45) is 23.5 Å². The van der Waals surface area contributed by atoms with Gasteiger partial charge in [0, 0.05) is 30.7 Å². The molecule has 13 heteroatoms. The first kappa shape index (κ1) is 25.3. The van der Waals surface area contributed by atoms with Gasteiger partial charge in [0.2, 0.25) is 11.8 Å². The molecule has 0 aromatic heterocycles. The Hall–Kier alpha value is -3.31. The van der Waals surface area contributed by atoms with E-state index in [4.69, 9.17) is 38.4 Å². The lowest BCUT2D eigenvalue weighted by Crippen LogP contribution is -2.60. The number of carbonyl (C=O) groups excluding carboxylic acids is 5. The molecule has 1 saturated carbocycles. The summed E-state index contributed by atoms with van der Waals surface area (Å²) in [6, 6.07) is 1.40. The number of benzene rings is 1. The first-order valence-electron chi connectivity index (χ1n) is 11.4. The van der Waals surface area contributed by atoms with E-state index >= 15 is 0 Å². The minimum atomic E-state index is -2.07. The number of fused-ring (bicyclic) bond motifs is 4. The van der Waals surface area contributed by atoms with Crippen molar-refractivity contribution in [3.63, 3.8) is 0 Å². The monoisotopic (exact) mass is 551 g/mol. The number of carbonyl (C=O) groups is 5. The summed E-state index contributed by atoms with van der Waals surface area (Å²) in [6.07, 6.45) is 1.50. The average Bonchev–Trinajstić information content (AvgIpc) is 3.19. The van der Waals surface area contributed by atoms with Gasteiger partial charge in [-0.1, -0.05) is 11.6 Å². The Morgan fingerprint density at radius 2 is 1.65 bits per heavy atom. The van der Waals surface area contributed by atoms with Gasteiger partial charge in [-0.2, -0.15) is 4.90 Å². The molecule has 6 amide bonds. The van der Waals surface area contributed by atoms with E-state index in [-0.39, 0.29) is 35.7 Å². The molecule has 2 heterocycles. The predicted octanol–water partition coefficient (Wildman–Crippen LogP) is 1.48. The van der Waals surface area contributed by atoms with Crippen LogP contribution in [0.15, 0.2) is 23.8 Å². The zero-order valence-corrected chi connectivity index (χ0v) is 21.5. The molecule has 6 atom stereocenters. The van der Waals surface area contributed by atoms with Crippen molar-refractivity contribution in [2.45, 2.75) is 28.5 Å². The van der Waals surface area contributed by atoms with Gasteiger partial charge < -0.3 is 20.3 Å². The summed E-state index contributed by atoms with van der Waals surface area (Å²) in [5.41, 5.74) is 6.02. The van der Waals surface area contributed by atoms with Crippen molar-refractivity contribution >= 4 is 52.9 Å². The summed E-state index contributed by atoms with van der Waals surface area (Å²) >= 11 is 14.2. The molecule has 2 saturated heterocycles. The Labute approximate surface area is 221 Å². The zero-order valence-electron chi connectivity index (χ0n) is 20.0. The van der Waals surface area contributed by atoms with E-state index in [0.29, 0.717) is 10.5 Å². The summed E-state index contributed by atoms with van der Waals surface area (Å²) < 4.78 is 11.0. The third-order valence-corrected chi connectivity index (χ3v) is 9.47. The van der Waals surface area contributed by atoms with Crippen LogP contribution >= 0.6 is 23.2 Å². The normalized spacial score (nSPS) is 34.7. The summed E-state index contributed by atoms with van der Waals surface area (Å²) in [7, 11) is 3.95. The summed E-state index contributed by atoms with van der Waals surface area (Å²) in [4.78, 5) is 62.4. The van der Waals surface area contributed by atoms with E-state index in [9.17, 15) is 29.1 Å². The number of hydrogen-bond acceptors (Lipinski definition) is 8. The number of urea groups is 1. The maximum Gasteiger partial charge on any atom is 0.328 e. The standard InChI is InChI=1S/C24H23Cl2N3O8/c1-28-20(33)23(25)8-12-10(4-5-11-15(12)19(32)29(18(11)31)22(27)35)17(24(23,26)21(28)34)16-13(36-2)6-9(30)7-14(16)37-3/h4,6-7,11-12,15,17,30H,5,8H2,1-3H3,(H2,27,35)/t11-,12+,15-,17+,23+,24-/m0/s1. The van der Waals surface area contributed by atoms with E-state index in [1.54, 1.807) is 6.08 Å². The third-order valence-electron chi connectivity index (χ3n) is 8.05. The molecule has 2 aliphatic carbocycles. The van der Waals surface area contributed by atoms with Gasteiger partial charge in [-0.25, -0.2) is 4.79 Å². The Balaban J connectivity index is 1.80. The van der Waals surface area contributed by atoms with Crippen molar-refractivity contribution in [1.29, 1.82) is 0 Å². The fourth-order valence-electron chi connectivity index (χ4n) is 6.49. The lowest BCUT2D eigenvalue weighted by molar-refractivity contribution is -0.139. The Bertz CT molecular complexity index is 1310.